The van der Waals surface area contributed by atoms with Crippen molar-refractivity contribution in [3.63, 3.8) is 0 Å². The molecule has 0 unspecified atom stereocenters. The van der Waals surface area contributed by atoms with Crippen LogP contribution in [-0.2, 0) is 0 Å². The highest BCUT2D eigenvalue weighted by molar-refractivity contribution is 6.10. The van der Waals surface area contributed by atoms with Crippen molar-refractivity contribution in [3.05, 3.63) is 216 Å². The molecule has 0 aliphatic heterocycles. The quantitative estimate of drug-likeness (QED) is 0.159. The van der Waals surface area contributed by atoms with Crippen molar-refractivity contribution < 1.29 is 0 Å². The van der Waals surface area contributed by atoms with Gasteiger partial charge in [0.25, 0.3) is 0 Å². The van der Waals surface area contributed by atoms with Gasteiger partial charge >= 0.3 is 0 Å². The third kappa shape index (κ3) is 5.60. The first-order chi connectivity index (χ1) is 28.7. The largest absolute Gasteiger partial charge is 0.309 e. The van der Waals surface area contributed by atoms with Crippen LogP contribution in [0.25, 0.3) is 100 Å². The fourth-order valence-electron chi connectivity index (χ4n) is 8.40. The van der Waals surface area contributed by atoms with E-state index in [4.69, 9.17) is 9.97 Å². The van der Waals surface area contributed by atoms with Crippen molar-refractivity contribution in [1.82, 2.24) is 19.1 Å². The molecule has 8 aromatic carbocycles. The van der Waals surface area contributed by atoms with Gasteiger partial charge in [0.15, 0.2) is 11.3 Å². The van der Waals surface area contributed by atoms with Crippen molar-refractivity contribution in [3.8, 4) is 56.4 Å². The summed E-state index contributed by atoms with van der Waals surface area (Å²) in [6.45, 7) is 0. The van der Waals surface area contributed by atoms with Gasteiger partial charge in [-0.15, -0.1) is 0 Å². The molecule has 0 atom stereocenters. The molecule has 0 saturated carbocycles. The molecule has 0 radical (unpaired) electrons. The lowest BCUT2D eigenvalue weighted by Crippen LogP contribution is -2.10. The third-order valence-electron chi connectivity index (χ3n) is 11.1. The molecule has 3 aromatic heterocycles. The fraction of sp³-hybridized carbons (Fsp3) is 0. The number of hydrogen-bond acceptors (Lipinski definition) is 3. The van der Waals surface area contributed by atoms with Gasteiger partial charge in [-0.3, -0.25) is 4.79 Å². The van der Waals surface area contributed by atoms with Gasteiger partial charge in [-0.1, -0.05) is 140 Å². The van der Waals surface area contributed by atoms with Crippen LogP contribution < -0.4 is 5.43 Å². The highest BCUT2D eigenvalue weighted by Gasteiger charge is 2.17. The van der Waals surface area contributed by atoms with Crippen LogP contribution in [0.1, 0.15) is 0 Å². The summed E-state index contributed by atoms with van der Waals surface area (Å²) in [7, 11) is 0. The second kappa shape index (κ2) is 13.7. The lowest BCUT2D eigenvalue weighted by Gasteiger charge is -2.17. The van der Waals surface area contributed by atoms with Gasteiger partial charge in [-0.05, 0) is 77.9 Å². The van der Waals surface area contributed by atoms with E-state index in [-0.39, 0.29) is 5.43 Å². The Morgan fingerprint density at radius 2 is 0.759 bits per heavy atom. The number of pyridine rings is 1. The van der Waals surface area contributed by atoms with E-state index < -0.39 is 0 Å². The zero-order valence-electron chi connectivity index (χ0n) is 31.3. The Balaban J connectivity index is 1.07. The summed E-state index contributed by atoms with van der Waals surface area (Å²) < 4.78 is 4.56. The molecule has 0 spiro atoms. The third-order valence-corrected chi connectivity index (χ3v) is 11.1. The summed E-state index contributed by atoms with van der Waals surface area (Å²) in [6.07, 6.45) is 0. The fourth-order valence-corrected chi connectivity index (χ4v) is 8.40. The number of fused-ring (bicyclic) bond motifs is 5. The zero-order valence-corrected chi connectivity index (χ0v) is 31.3. The Labute approximate surface area is 334 Å². The monoisotopic (exact) mass is 742 g/mol. The van der Waals surface area contributed by atoms with Crippen LogP contribution in [0.5, 0.6) is 0 Å². The molecule has 3 heterocycles. The average molecular weight is 743 g/mol. The Hall–Kier alpha value is -7.89. The van der Waals surface area contributed by atoms with Gasteiger partial charge in [0.05, 0.1) is 33.5 Å². The van der Waals surface area contributed by atoms with E-state index in [0.717, 1.165) is 72.6 Å². The van der Waals surface area contributed by atoms with Gasteiger partial charge in [-0.2, -0.15) is 0 Å². The first-order valence-electron chi connectivity index (χ1n) is 19.5. The Morgan fingerprint density at radius 3 is 1.38 bits per heavy atom. The number of nitrogens with zero attached hydrogens (tertiary/aromatic N) is 4. The summed E-state index contributed by atoms with van der Waals surface area (Å²) in [4.78, 5) is 23.8. The number of aromatic nitrogens is 4. The molecule has 0 saturated heterocycles. The highest BCUT2D eigenvalue weighted by Crippen LogP contribution is 2.37. The van der Waals surface area contributed by atoms with Crippen LogP contribution >= 0.6 is 0 Å². The van der Waals surface area contributed by atoms with E-state index in [0.29, 0.717) is 16.6 Å². The van der Waals surface area contributed by atoms with Crippen molar-refractivity contribution in [2.75, 3.05) is 0 Å². The predicted molar refractivity (Wildman–Crippen MR) is 239 cm³/mol. The maximum absolute atomic E-state index is 13.6. The number of benzene rings is 8. The molecular formula is C53H34N4O. The smallest absolute Gasteiger partial charge is 0.197 e. The normalized spacial score (nSPS) is 11.5. The summed E-state index contributed by atoms with van der Waals surface area (Å²) in [5, 5.41) is 3.75. The Morgan fingerprint density at radius 1 is 0.310 bits per heavy atom. The Bertz CT molecular complexity index is 3300. The van der Waals surface area contributed by atoms with Crippen LogP contribution in [-0.4, -0.2) is 19.1 Å². The number of para-hydroxylation sites is 3. The van der Waals surface area contributed by atoms with Crippen LogP contribution in [0.2, 0.25) is 0 Å². The minimum Gasteiger partial charge on any atom is -0.309 e. The van der Waals surface area contributed by atoms with Crippen molar-refractivity contribution >= 4 is 43.6 Å². The van der Waals surface area contributed by atoms with E-state index >= 15 is 0 Å². The topological polar surface area (TPSA) is 52.7 Å². The van der Waals surface area contributed by atoms with Crippen LogP contribution in [0.4, 0.5) is 0 Å². The molecule has 0 fully saturated rings. The summed E-state index contributed by atoms with van der Waals surface area (Å²) in [6, 6.07) is 70.9. The number of rotatable bonds is 6. The van der Waals surface area contributed by atoms with E-state index in [1.54, 1.807) is 0 Å². The summed E-state index contributed by atoms with van der Waals surface area (Å²) in [5.74, 6) is 0.677. The lowest BCUT2D eigenvalue weighted by atomic mass is 10.0. The molecule has 11 aromatic rings. The first kappa shape index (κ1) is 33.4. The predicted octanol–water partition coefficient (Wildman–Crippen LogP) is 12.7. The van der Waals surface area contributed by atoms with Gasteiger partial charge < -0.3 is 9.13 Å². The highest BCUT2D eigenvalue weighted by atomic mass is 16.1. The van der Waals surface area contributed by atoms with E-state index in [1.165, 1.54) is 10.8 Å². The van der Waals surface area contributed by atoms with E-state index in [1.807, 2.05) is 84.9 Å². The molecule has 58 heavy (non-hydrogen) atoms. The zero-order chi connectivity index (χ0) is 38.6. The molecule has 0 aliphatic carbocycles. The standard InChI is InChI=1S/C53H34N4O/c58-52-44-24-8-11-27-49(44)56(50-28-12-9-25-45(50)52)40-21-14-22-41(33-40)57-48-26-10-7-23-42(48)43-30-29-38(32-51(43)57)37-19-13-20-39(31-37)53-54-46(35-15-3-1-4-16-35)34-47(55-53)36-17-5-2-6-18-36/h1-34H. The molecular weight excluding hydrogens is 709 g/mol. The van der Waals surface area contributed by atoms with Crippen LogP contribution in [0, 0.1) is 0 Å². The molecule has 0 aliphatic rings. The lowest BCUT2D eigenvalue weighted by molar-refractivity contribution is 1.13. The maximum atomic E-state index is 13.6. The Kier molecular flexibility index (Phi) is 7.90. The van der Waals surface area contributed by atoms with E-state index in [9.17, 15) is 4.79 Å². The van der Waals surface area contributed by atoms with Crippen molar-refractivity contribution in [1.29, 1.82) is 0 Å². The molecule has 5 nitrogen and oxygen atoms in total. The molecule has 272 valence electrons. The molecule has 11 rings (SSSR count). The van der Waals surface area contributed by atoms with Gasteiger partial charge in [0.1, 0.15) is 0 Å². The second-order valence-corrected chi connectivity index (χ2v) is 14.6. The van der Waals surface area contributed by atoms with Gasteiger partial charge in [0.2, 0.25) is 0 Å². The van der Waals surface area contributed by atoms with Crippen LogP contribution in [0.3, 0.4) is 0 Å². The van der Waals surface area contributed by atoms with Gasteiger partial charge in [-0.25, -0.2) is 9.97 Å². The molecule has 0 N–H and O–H groups in total. The second-order valence-electron chi connectivity index (χ2n) is 14.6. The molecule has 0 amide bonds. The minimum absolute atomic E-state index is 0.0460. The first-order valence-corrected chi connectivity index (χ1v) is 19.5. The van der Waals surface area contributed by atoms with Crippen molar-refractivity contribution in [2.45, 2.75) is 0 Å². The summed E-state index contributed by atoms with van der Waals surface area (Å²) in [5.41, 5.74) is 13.0. The maximum Gasteiger partial charge on any atom is 0.197 e. The van der Waals surface area contributed by atoms with E-state index in [2.05, 4.69) is 130 Å². The minimum atomic E-state index is 0.0460. The molecule has 0 bridgehead atoms. The SMILES string of the molecule is O=c1c2ccccc2n(-c2cccc(-n3c4ccccc4c4ccc(-c5cccc(-c6nc(-c7ccccc7)cc(-c7ccccc7)n6)c5)cc43)c2)c2ccccc12. The summed E-state index contributed by atoms with van der Waals surface area (Å²) >= 11 is 0. The average Bonchev–Trinajstić information content (AvgIpc) is 3.63. The number of hydrogen-bond donors (Lipinski definition) is 0. The van der Waals surface area contributed by atoms with Crippen molar-refractivity contribution in [2.24, 2.45) is 0 Å². The molecule has 5 heteroatoms. The van der Waals surface area contributed by atoms with Gasteiger partial charge in [0, 0.05) is 49.6 Å². The van der Waals surface area contributed by atoms with Crippen LogP contribution in [0.15, 0.2) is 211 Å².